The lowest BCUT2D eigenvalue weighted by atomic mass is 10.0. The highest BCUT2D eigenvalue weighted by Crippen LogP contribution is 2.35. The van der Waals surface area contributed by atoms with E-state index in [1.165, 1.54) is 23.0 Å². The van der Waals surface area contributed by atoms with Crippen LogP contribution in [0.5, 0.6) is 0 Å². The van der Waals surface area contributed by atoms with Gasteiger partial charge >= 0.3 is 0 Å². The lowest BCUT2D eigenvalue weighted by Crippen LogP contribution is -2.12. The molecule has 7 aromatic rings. The van der Waals surface area contributed by atoms with E-state index in [2.05, 4.69) is 42.6 Å². The number of thiophene rings is 1. The van der Waals surface area contributed by atoms with E-state index < -0.39 is 0 Å². The van der Waals surface area contributed by atoms with Crippen LogP contribution in [0.3, 0.4) is 0 Å². The molecule has 0 saturated heterocycles. The number of fused-ring (bicyclic) bond motifs is 2. The monoisotopic (exact) mass is 573 g/mol. The van der Waals surface area contributed by atoms with Crippen molar-refractivity contribution in [2.75, 3.05) is 0 Å². The van der Waals surface area contributed by atoms with Crippen LogP contribution in [0.1, 0.15) is 27.7 Å². The van der Waals surface area contributed by atoms with Crippen molar-refractivity contribution in [3.63, 3.8) is 0 Å². The minimum atomic E-state index is -0.371. The van der Waals surface area contributed by atoms with Gasteiger partial charge in [-0.3, -0.25) is 19.9 Å². The molecule has 10 heteroatoms. The van der Waals surface area contributed by atoms with Crippen LogP contribution in [0, 0.1) is 5.82 Å². The first-order chi connectivity index (χ1) is 20.5. The fraction of sp³-hybridized carbons (Fsp3) is 0.0938. The van der Waals surface area contributed by atoms with Crippen molar-refractivity contribution in [1.82, 2.24) is 35.5 Å². The van der Waals surface area contributed by atoms with Gasteiger partial charge in [-0.15, -0.1) is 11.3 Å². The summed E-state index contributed by atoms with van der Waals surface area (Å²) in [5.41, 5.74) is 6.51. The summed E-state index contributed by atoms with van der Waals surface area (Å²) in [5.74, 6) is 0.170. The molecule has 42 heavy (non-hydrogen) atoms. The molecular formula is C32H24FN7OS. The molecule has 0 saturated carbocycles. The number of H-pyrrole nitrogens is 2. The van der Waals surface area contributed by atoms with E-state index in [0.717, 1.165) is 27.9 Å². The van der Waals surface area contributed by atoms with Crippen molar-refractivity contribution in [2.45, 2.75) is 20.0 Å². The molecule has 0 bridgehead atoms. The van der Waals surface area contributed by atoms with E-state index >= 15 is 4.39 Å². The van der Waals surface area contributed by atoms with Crippen LogP contribution in [-0.2, 0) is 13.1 Å². The van der Waals surface area contributed by atoms with Gasteiger partial charge in [-0.2, -0.15) is 5.10 Å². The fourth-order valence-electron chi connectivity index (χ4n) is 5.00. The number of pyridine rings is 2. The van der Waals surface area contributed by atoms with E-state index in [1.807, 2.05) is 36.4 Å². The van der Waals surface area contributed by atoms with Gasteiger partial charge in [0.15, 0.2) is 11.6 Å². The number of hydrogen-bond acceptors (Lipinski definition) is 7. The van der Waals surface area contributed by atoms with Crippen LogP contribution >= 0.6 is 11.3 Å². The summed E-state index contributed by atoms with van der Waals surface area (Å²) in [4.78, 5) is 30.5. The van der Waals surface area contributed by atoms with Crippen LogP contribution in [0.25, 0.3) is 55.2 Å². The molecular weight excluding hydrogens is 549 g/mol. The molecule has 3 N–H and O–H groups in total. The normalized spacial score (nSPS) is 11.5. The highest BCUT2D eigenvalue weighted by molar-refractivity contribution is 7.17. The van der Waals surface area contributed by atoms with Gasteiger partial charge < -0.3 is 10.3 Å². The minimum Gasteiger partial charge on any atom is -0.336 e. The summed E-state index contributed by atoms with van der Waals surface area (Å²) in [6, 6.07) is 20.9. The quantitative estimate of drug-likeness (QED) is 0.170. The standard InChI is InChI=1S/C32H24FN7OS/c1-18(41)27-7-8-28(42-27)31-30-25(9-10-36-31)37-32(38-30)29-23-12-22(24(33)13-26(23)39-40-29)21-11-20(16-35-17-21)15-34-14-19-5-3-2-4-6-19/h2-13,16-17,34H,14-15H2,1H3,(H,37,38)(H,39,40). The van der Waals surface area contributed by atoms with Crippen molar-refractivity contribution in [2.24, 2.45) is 0 Å². The Morgan fingerprint density at radius 1 is 0.952 bits per heavy atom. The number of nitrogens with zero attached hydrogens (tertiary/aromatic N) is 4. The Balaban J connectivity index is 1.22. The van der Waals surface area contributed by atoms with Gasteiger partial charge in [-0.05, 0) is 48.4 Å². The van der Waals surface area contributed by atoms with E-state index in [1.54, 1.807) is 37.6 Å². The van der Waals surface area contributed by atoms with Crippen molar-refractivity contribution < 1.29 is 9.18 Å². The predicted molar refractivity (Wildman–Crippen MR) is 162 cm³/mol. The van der Waals surface area contributed by atoms with Crippen LogP contribution in [0.2, 0.25) is 0 Å². The molecule has 0 aliphatic carbocycles. The maximum Gasteiger partial charge on any atom is 0.169 e. The molecule has 2 aromatic carbocycles. The Morgan fingerprint density at radius 2 is 1.81 bits per heavy atom. The maximum absolute atomic E-state index is 15.3. The number of benzene rings is 2. The lowest BCUT2D eigenvalue weighted by molar-refractivity contribution is 0.102. The predicted octanol–water partition coefficient (Wildman–Crippen LogP) is 6.92. The SMILES string of the molecule is CC(=O)c1ccc(-c2nccc3[nH]c(-c4n[nH]c5cc(F)c(-c6cncc(CNCc7ccccc7)c6)cc45)nc23)s1. The molecule has 0 amide bonds. The molecule has 0 aliphatic rings. The Morgan fingerprint density at radius 3 is 2.64 bits per heavy atom. The second-order valence-electron chi connectivity index (χ2n) is 9.98. The lowest BCUT2D eigenvalue weighted by Gasteiger charge is -2.08. The number of imidazole rings is 1. The van der Waals surface area contributed by atoms with Gasteiger partial charge in [0, 0.05) is 54.3 Å². The molecule has 5 heterocycles. The molecule has 206 valence electrons. The summed E-state index contributed by atoms with van der Waals surface area (Å²) in [6.45, 7) is 2.87. The number of carbonyl (C=O) groups excluding carboxylic acids is 1. The number of rotatable bonds is 8. The van der Waals surface area contributed by atoms with Crippen molar-refractivity contribution in [3.05, 3.63) is 107 Å². The largest absolute Gasteiger partial charge is 0.336 e. The third kappa shape index (κ3) is 4.87. The molecule has 8 nitrogen and oxygen atoms in total. The molecule has 0 fully saturated rings. The third-order valence-electron chi connectivity index (χ3n) is 7.07. The van der Waals surface area contributed by atoms with E-state index in [-0.39, 0.29) is 11.6 Å². The first kappa shape index (κ1) is 25.9. The molecule has 5 aromatic heterocycles. The first-order valence-corrected chi connectivity index (χ1v) is 14.2. The van der Waals surface area contributed by atoms with Gasteiger partial charge in [0.2, 0.25) is 0 Å². The van der Waals surface area contributed by atoms with Gasteiger partial charge in [-0.25, -0.2) is 9.37 Å². The van der Waals surface area contributed by atoms with Crippen molar-refractivity contribution in [1.29, 1.82) is 0 Å². The topological polar surface area (TPSA) is 112 Å². The number of halogens is 1. The maximum atomic E-state index is 15.3. The molecule has 7 rings (SSSR count). The number of aromatic amines is 2. The molecule has 0 unspecified atom stereocenters. The van der Waals surface area contributed by atoms with Gasteiger partial charge in [0.1, 0.15) is 22.7 Å². The van der Waals surface area contributed by atoms with Gasteiger partial charge in [0.05, 0.1) is 20.8 Å². The number of Topliss-reactive ketones (excluding diaryl/α,β-unsaturated/α-hetero) is 1. The first-order valence-electron chi connectivity index (χ1n) is 13.4. The Bertz CT molecular complexity index is 2080. The van der Waals surface area contributed by atoms with Crippen LogP contribution in [-0.4, -0.2) is 35.9 Å². The molecule has 0 atom stereocenters. The minimum absolute atomic E-state index is 0.0105. The van der Waals surface area contributed by atoms with E-state index in [0.29, 0.717) is 50.8 Å². The number of aromatic nitrogens is 6. The zero-order valence-corrected chi connectivity index (χ0v) is 23.3. The number of hydrogen-bond donors (Lipinski definition) is 3. The highest BCUT2D eigenvalue weighted by atomic mass is 32.1. The van der Waals surface area contributed by atoms with Gasteiger partial charge in [0.25, 0.3) is 0 Å². The highest BCUT2D eigenvalue weighted by Gasteiger charge is 2.19. The van der Waals surface area contributed by atoms with E-state index in [4.69, 9.17) is 4.98 Å². The summed E-state index contributed by atoms with van der Waals surface area (Å²) in [5, 5.41) is 11.6. The molecule has 0 aliphatic heterocycles. The summed E-state index contributed by atoms with van der Waals surface area (Å²) < 4.78 is 15.3. The molecule has 0 radical (unpaired) electrons. The number of ketones is 1. The van der Waals surface area contributed by atoms with Crippen molar-refractivity contribution in [3.8, 4) is 33.2 Å². The van der Waals surface area contributed by atoms with Crippen LogP contribution < -0.4 is 5.32 Å². The average molecular weight is 574 g/mol. The molecule has 0 spiro atoms. The Kier molecular flexibility index (Phi) is 6.61. The number of carbonyl (C=O) groups is 1. The zero-order chi connectivity index (χ0) is 28.6. The van der Waals surface area contributed by atoms with Crippen molar-refractivity contribution >= 4 is 39.1 Å². The summed E-state index contributed by atoms with van der Waals surface area (Å²) in [6.07, 6.45) is 5.16. The summed E-state index contributed by atoms with van der Waals surface area (Å²) >= 11 is 1.38. The summed E-state index contributed by atoms with van der Waals surface area (Å²) in [7, 11) is 0. The number of nitrogens with one attached hydrogen (secondary N) is 3. The Labute approximate surface area is 243 Å². The smallest absolute Gasteiger partial charge is 0.169 e. The zero-order valence-electron chi connectivity index (χ0n) is 22.5. The second kappa shape index (κ2) is 10.7. The second-order valence-corrected chi connectivity index (χ2v) is 11.1. The fourth-order valence-corrected chi connectivity index (χ4v) is 5.90. The van der Waals surface area contributed by atoms with Crippen LogP contribution in [0.15, 0.2) is 85.3 Å². The van der Waals surface area contributed by atoms with E-state index in [9.17, 15) is 4.79 Å². The van der Waals surface area contributed by atoms with Crippen LogP contribution in [0.4, 0.5) is 4.39 Å². The van der Waals surface area contributed by atoms with Gasteiger partial charge in [-0.1, -0.05) is 30.3 Å². The third-order valence-corrected chi connectivity index (χ3v) is 8.26. The average Bonchev–Trinajstić information content (AvgIpc) is 3.75. The Hall–Kier alpha value is -5.06.